The molecule has 0 aromatic rings. The highest BCUT2D eigenvalue weighted by atomic mass is 16.1. The Morgan fingerprint density at radius 3 is 1.23 bits per heavy atom. The summed E-state index contributed by atoms with van der Waals surface area (Å²) in [6.45, 7) is 9.18. The average molecular weight is 311 g/mol. The first-order valence-electron chi connectivity index (χ1n) is 10.0. The normalized spacial score (nSPS) is 11.5. The van der Waals surface area contributed by atoms with Crippen molar-refractivity contribution in [2.75, 3.05) is 0 Å². The minimum absolute atomic E-state index is 0.504. The summed E-state index contributed by atoms with van der Waals surface area (Å²) >= 11 is 0. The van der Waals surface area contributed by atoms with Crippen molar-refractivity contribution in [2.45, 2.75) is 118 Å². The Morgan fingerprint density at radius 2 is 0.864 bits per heavy atom. The van der Waals surface area contributed by atoms with Crippen LogP contribution in [0.3, 0.4) is 0 Å². The summed E-state index contributed by atoms with van der Waals surface area (Å²) in [4.78, 5) is 11.8. The molecular formula is C21H42O. The zero-order valence-electron chi connectivity index (χ0n) is 16.0. The van der Waals surface area contributed by atoms with Crippen molar-refractivity contribution in [2.24, 2.45) is 11.8 Å². The molecule has 0 heterocycles. The minimum atomic E-state index is 0.504. The predicted molar refractivity (Wildman–Crippen MR) is 99.3 cm³/mol. The van der Waals surface area contributed by atoms with Crippen LogP contribution in [0.15, 0.2) is 0 Å². The molecule has 0 rings (SSSR count). The maximum absolute atomic E-state index is 11.8. The van der Waals surface area contributed by atoms with E-state index in [4.69, 9.17) is 0 Å². The third kappa shape index (κ3) is 17.7. The Bertz CT molecular complexity index is 218. The second kappa shape index (κ2) is 15.6. The molecule has 0 fully saturated rings. The van der Waals surface area contributed by atoms with Crippen LogP contribution in [0.25, 0.3) is 0 Å². The highest BCUT2D eigenvalue weighted by Crippen LogP contribution is 2.14. The molecule has 1 nitrogen and oxygen atoms in total. The predicted octanol–water partition coefficient (Wildman–Crippen LogP) is 7.33. The van der Waals surface area contributed by atoms with Crippen LogP contribution in [-0.2, 0) is 4.79 Å². The largest absolute Gasteiger partial charge is 0.300 e. The molecule has 0 atom stereocenters. The smallest absolute Gasteiger partial charge is 0.132 e. The van der Waals surface area contributed by atoms with Crippen LogP contribution < -0.4 is 0 Å². The fourth-order valence-corrected chi connectivity index (χ4v) is 2.94. The highest BCUT2D eigenvalue weighted by Gasteiger charge is 2.02. The zero-order valence-corrected chi connectivity index (χ0v) is 16.0. The second-order valence-corrected chi connectivity index (χ2v) is 7.94. The Balaban J connectivity index is 3.20. The molecule has 0 radical (unpaired) electrons. The molecule has 0 aromatic carbocycles. The van der Waals surface area contributed by atoms with Crippen molar-refractivity contribution in [1.29, 1.82) is 0 Å². The Kier molecular flexibility index (Phi) is 15.3. The van der Waals surface area contributed by atoms with E-state index in [1.54, 1.807) is 0 Å². The average Bonchev–Trinajstić information content (AvgIpc) is 2.44. The van der Waals surface area contributed by atoms with E-state index >= 15 is 0 Å². The van der Waals surface area contributed by atoms with Crippen LogP contribution in [0.1, 0.15) is 118 Å². The van der Waals surface area contributed by atoms with E-state index in [2.05, 4.69) is 27.7 Å². The van der Waals surface area contributed by atoms with E-state index in [0.29, 0.717) is 5.78 Å². The van der Waals surface area contributed by atoms with Gasteiger partial charge >= 0.3 is 0 Å². The SMILES string of the molecule is CC(C)CCCCCCCC(=O)CCCCCCCC(C)C. The van der Waals surface area contributed by atoms with Crippen LogP contribution in [0.4, 0.5) is 0 Å². The van der Waals surface area contributed by atoms with Crippen LogP contribution in [-0.4, -0.2) is 5.78 Å². The fourth-order valence-electron chi connectivity index (χ4n) is 2.94. The summed E-state index contributed by atoms with van der Waals surface area (Å²) in [5.74, 6) is 2.18. The Morgan fingerprint density at radius 1 is 0.545 bits per heavy atom. The van der Waals surface area contributed by atoms with Crippen LogP contribution in [0, 0.1) is 11.8 Å². The van der Waals surface area contributed by atoms with Gasteiger partial charge in [-0.3, -0.25) is 4.79 Å². The molecule has 0 aliphatic rings. The van der Waals surface area contributed by atoms with Crippen molar-refractivity contribution in [3.05, 3.63) is 0 Å². The van der Waals surface area contributed by atoms with Gasteiger partial charge in [-0.25, -0.2) is 0 Å². The van der Waals surface area contributed by atoms with Crippen molar-refractivity contribution in [1.82, 2.24) is 0 Å². The molecule has 0 spiro atoms. The number of hydrogen-bond acceptors (Lipinski definition) is 1. The number of hydrogen-bond donors (Lipinski definition) is 0. The molecule has 0 aromatic heterocycles. The van der Waals surface area contributed by atoms with E-state index in [1.807, 2.05) is 0 Å². The summed E-state index contributed by atoms with van der Waals surface area (Å²) in [5.41, 5.74) is 0. The maximum atomic E-state index is 11.8. The van der Waals surface area contributed by atoms with Gasteiger partial charge in [-0.1, -0.05) is 91.9 Å². The lowest BCUT2D eigenvalue weighted by Gasteiger charge is -2.05. The van der Waals surface area contributed by atoms with Gasteiger partial charge < -0.3 is 0 Å². The van der Waals surface area contributed by atoms with E-state index in [9.17, 15) is 4.79 Å². The van der Waals surface area contributed by atoms with Crippen molar-refractivity contribution < 1.29 is 4.79 Å². The lowest BCUT2D eigenvalue weighted by molar-refractivity contribution is -0.119. The summed E-state index contributed by atoms with van der Waals surface area (Å²) in [7, 11) is 0. The standard InChI is InChI=1S/C21H42O/c1-19(2)15-11-7-5-9-13-17-21(22)18-14-10-6-8-12-16-20(3)4/h19-20H,5-18H2,1-4H3. The van der Waals surface area contributed by atoms with Gasteiger partial charge in [-0.15, -0.1) is 0 Å². The van der Waals surface area contributed by atoms with Crippen LogP contribution in [0.5, 0.6) is 0 Å². The van der Waals surface area contributed by atoms with Gasteiger partial charge in [0.05, 0.1) is 0 Å². The highest BCUT2D eigenvalue weighted by molar-refractivity contribution is 5.78. The molecule has 0 unspecified atom stereocenters. The number of rotatable bonds is 16. The molecule has 22 heavy (non-hydrogen) atoms. The van der Waals surface area contributed by atoms with Gasteiger partial charge in [-0.2, -0.15) is 0 Å². The first-order valence-corrected chi connectivity index (χ1v) is 10.0. The monoisotopic (exact) mass is 310 g/mol. The first-order chi connectivity index (χ1) is 10.5. The zero-order chi connectivity index (χ0) is 16.6. The number of carbonyl (C=O) groups excluding carboxylic acids is 1. The third-order valence-electron chi connectivity index (χ3n) is 4.47. The first kappa shape index (κ1) is 21.7. The molecule has 0 N–H and O–H groups in total. The minimum Gasteiger partial charge on any atom is -0.300 e. The molecular weight excluding hydrogens is 268 g/mol. The quantitative estimate of drug-likeness (QED) is 0.273. The van der Waals surface area contributed by atoms with Gasteiger partial charge in [0.1, 0.15) is 5.78 Å². The molecule has 0 amide bonds. The van der Waals surface area contributed by atoms with Gasteiger partial charge in [0.2, 0.25) is 0 Å². The van der Waals surface area contributed by atoms with Gasteiger partial charge in [0.25, 0.3) is 0 Å². The number of carbonyl (C=O) groups is 1. The molecule has 1 heteroatoms. The van der Waals surface area contributed by atoms with Gasteiger partial charge in [-0.05, 0) is 24.7 Å². The van der Waals surface area contributed by atoms with Gasteiger partial charge in [0, 0.05) is 12.8 Å². The molecule has 132 valence electrons. The molecule has 0 saturated carbocycles. The van der Waals surface area contributed by atoms with Crippen molar-refractivity contribution in [3.63, 3.8) is 0 Å². The summed E-state index contributed by atoms with van der Waals surface area (Å²) in [5, 5.41) is 0. The van der Waals surface area contributed by atoms with Crippen molar-refractivity contribution >= 4 is 5.78 Å². The lowest BCUT2D eigenvalue weighted by Crippen LogP contribution is -1.97. The summed E-state index contributed by atoms with van der Waals surface area (Å²) in [6.07, 6.45) is 17.2. The number of ketones is 1. The maximum Gasteiger partial charge on any atom is 0.132 e. The van der Waals surface area contributed by atoms with E-state index in [-0.39, 0.29) is 0 Å². The molecule has 0 aliphatic carbocycles. The Hall–Kier alpha value is -0.330. The molecule has 0 bridgehead atoms. The van der Waals surface area contributed by atoms with E-state index < -0.39 is 0 Å². The lowest BCUT2D eigenvalue weighted by atomic mass is 10.0. The van der Waals surface area contributed by atoms with Crippen LogP contribution >= 0.6 is 0 Å². The van der Waals surface area contributed by atoms with Crippen molar-refractivity contribution in [3.8, 4) is 0 Å². The van der Waals surface area contributed by atoms with Crippen LogP contribution in [0.2, 0.25) is 0 Å². The number of Topliss-reactive ketones (excluding diaryl/α,β-unsaturated/α-hetero) is 1. The Labute approximate surface area is 140 Å². The topological polar surface area (TPSA) is 17.1 Å². The fraction of sp³-hybridized carbons (Fsp3) is 0.952. The summed E-state index contributed by atoms with van der Waals surface area (Å²) in [6, 6.07) is 0. The summed E-state index contributed by atoms with van der Waals surface area (Å²) < 4.78 is 0. The third-order valence-corrected chi connectivity index (χ3v) is 4.47. The van der Waals surface area contributed by atoms with E-state index in [0.717, 1.165) is 37.5 Å². The van der Waals surface area contributed by atoms with E-state index in [1.165, 1.54) is 64.2 Å². The molecule has 0 saturated heterocycles. The number of unbranched alkanes of at least 4 members (excludes halogenated alkanes) is 8. The second-order valence-electron chi connectivity index (χ2n) is 7.94. The van der Waals surface area contributed by atoms with Gasteiger partial charge in [0.15, 0.2) is 0 Å². The molecule has 0 aliphatic heterocycles.